The molecule has 2 atom stereocenters. The Labute approximate surface area is 125 Å². The molecule has 1 aliphatic heterocycles. The summed E-state index contributed by atoms with van der Waals surface area (Å²) in [4.78, 5) is 2.76. The molecule has 3 nitrogen and oxygen atoms in total. The van der Waals surface area contributed by atoms with Crippen molar-refractivity contribution in [2.24, 2.45) is 11.7 Å². The van der Waals surface area contributed by atoms with Gasteiger partial charge < -0.3 is 16.0 Å². The summed E-state index contributed by atoms with van der Waals surface area (Å²) in [5.41, 5.74) is 7.58. The first kappa shape index (κ1) is 14.6. The maximum atomic E-state index is 6.07. The summed E-state index contributed by atoms with van der Waals surface area (Å²) in [5.74, 6) is 0.580. The van der Waals surface area contributed by atoms with Gasteiger partial charge in [-0.1, -0.05) is 30.7 Å². The smallest absolute Gasteiger partial charge is 0.106 e. The molecule has 1 aromatic carbocycles. The van der Waals surface area contributed by atoms with Gasteiger partial charge in [0.25, 0.3) is 0 Å². The van der Waals surface area contributed by atoms with Gasteiger partial charge in [-0.05, 0) is 44.1 Å². The molecule has 104 valence electrons. The standard InChI is InChI=1S/C14H20ClN3S/c1-9-8-18(2)6-5-12(9)17-13-7-10(15)3-4-11(13)14(16)19/h3-4,7,9,12,17H,5-6,8H2,1-2H3,(H2,16,19). The number of piperidine rings is 1. The maximum absolute atomic E-state index is 6.07. The molecular weight excluding hydrogens is 278 g/mol. The van der Waals surface area contributed by atoms with Crippen LogP contribution in [0.2, 0.25) is 5.02 Å². The van der Waals surface area contributed by atoms with Gasteiger partial charge in [-0.15, -0.1) is 0 Å². The van der Waals surface area contributed by atoms with Crippen molar-refractivity contribution in [2.75, 3.05) is 25.5 Å². The van der Waals surface area contributed by atoms with E-state index >= 15 is 0 Å². The molecule has 1 aromatic rings. The average Bonchev–Trinajstić information content (AvgIpc) is 2.32. The molecule has 0 aromatic heterocycles. The predicted octanol–water partition coefficient (Wildman–Crippen LogP) is 2.73. The lowest BCUT2D eigenvalue weighted by Crippen LogP contribution is -2.43. The van der Waals surface area contributed by atoms with Crippen molar-refractivity contribution in [3.8, 4) is 0 Å². The fourth-order valence-corrected chi connectivity index (χ4v) is 2.97. The number of hydrogen-bond donors (Lipinski definition) is 2. The monoisotopic (exact) mass is 297 g/mol. The number of likely N-dealkylation sites (tertiary alicyclic amines) is 1. The van der Waals surface area contributed by atoms with E-state index in [0.717, 1.165) is 30.8 Å². The van der Waals surface area contributed by atoms with Crippen LogP contribution in [0.4, 0.5) is 5.69 Å². The summed E-state index contributed by atoms with van der Waals surface area (Å²) in [5, 5.41) is 4.26. The van der Waals surface area contributed by atoms with E-state index < -0.39 is 0 Å². The lowest BCUT2D eigenvalue weighted by atomic mass is 9.93. The molecule has 0 saturated carbocycles. The van der Waals surface area contributed by atoms with Gasteiger partial charge in [-0.2, -0.15) is 0 Å². The van der Waals surface area contributed by atoms with Crippen LogP contribution in [0.3, 0.4) is 0 Å². The third-order valence-corrected chi connectivity index (χ3v) is 4.15. The van der Waals surface area contributed by atoms with Gasteiger partial charge in [0.2, 0.25) is 0 Å². The van der Waals surface area contributed by atoms with Crippen molar-refractivity contribution in [3.05, 3.63) is 28.8 Å². The van der Waals surface area contributed by atoms with Gasteiger partial charge in [0.1, 0.15) is 4.99 Å². The van der Waals surface area contributed by atoms with Gasteiger partial charge >= 0.3 is 0 Å². The lowest BCUT2D eigenvalue weighted by Gasteiger charge is -2.36. The first-order valence-electron chi connectivity index (χ1n) is 6.52. The van der Waals surface area contributed by atoms with Gasteiger partial charge in [0.15, 0.2) is 0 Å². The van der Waals surface area contributed by atoms with E-state index in [1.165, 1.54) is 0 Å². The first-order valence-corrected chi connectivity index (χ1v) is 7.30. The molecule has 1 aliphatic rings. The minimum absolute atomic E-state index is 0.403. The van der Waals surface area contributed by atoms with Gasteiger partial charge in [-0.3, -0.25) is 0 Å². The van der Waals surface area contributed by atoms with Gasteiger partial charge in [-0.25, -0.2) is 0 Å². The number of halogens is 1. The Balaban J connectivity index is 2.18. The highest BCUT2D eigenvalue weighted by molar-refractivity contribution is 7.80. The second-order valence-electron chi connectivity index (χ2n) is 5.33. The number of nitrogens with zero attached hydrogens (tertiary/aromatic N) is 1. The van der Waals surface area contributed by atoms with Crippen molar-refractivity contribution in [2.45, 2.75) is 19.4 Å². The molecule has 0 aliphatic carbocycles. The zero-order valence-corrected chi connectivity index (χ0v) is 12.9. The van der Waals surface area contributed by atoms with Crippen LogP contribution in [-0.2, 0) is 0 Å². The summed E-state index contributed by atoms with van der Waals surface area (Å²) < 4.78 is 0. The zero-order valence-electron chi connectivity index (χ0n) is 11.3. The van der Waals surface area contributed by atoms with E-state index in [1.54, 1.807) is 0 Å². The number of rotatable bonds is 3. The van der Waals surface area contributed by atoms with E-state index in [1.807, 2.05) is 18.2 Å². The number of hydrogen-bond acceptors (Lipinski definition) is 3. The first-order chi connectivity index (χ1) is 8.97. The van der Waals surface area contributed by atoms with Crippen molar-refractivity contribution < 1.29 is 0 Å². The molecule has 1 heterocycles. The molecule has 19 heavy (non-hydrogen) atoms. The summed E-state index contributed by atoms with van der Waals surface area (Å²) in [6.07, 6.45) is 1.11. The zero-order chi connectivity index (χ0) is 14.0. The molecule has 0 spiro atoms. The Hall–Kier alpha value is -0.840. The minimum atomic E-state index is 0.403. The van der Waals surface area contributed by atoms with Gasteiger partial charge in [0.05, 0.1) is 0 Å². The van der Waals surface area contributed by atoms with E-state index in [-0.39, 0.29) is 0 Å². The van der Waals surface area contributed by atoms with Crippen LogP contribution in [0.1, 0.15) is 18.9 Å². The highest BCUT2D eigenvalue weighted by Crippen LogP contribution is 2.25. The van der Waals surface area contributed by atoms with E-state index in [0.29, 0.717) is 22.0 Å². The van der Waals surface area contributed by atoms with Crippen LogP contribution >= 0.6 is 23.8 Å². The Kier molecular flexibility index (Phi) is 4.66. The van der Waals surface area contributed by atoms with Crippen LogP contribution in [-0.4, -0.2) is 36.1 Å². The Bertz CT molecular complexity index is 478. The second kappa shape index (κ2) is 6.07. The molecule has 1 saturated heterocycles. The third kappa shape index (κ3) is 3.59. The van der Waals surface area contributed by atoms with E-state index in [9.17, 15) is 0 Å². The van der Waals surface area contributed by atoms with Crippen molar-refractivity contribution in [3.63, 3.8) is 0 Å². The lowest BCUT2D eigenvalue weighted by molar-refractivity contribution is 0.206. The van der Waals surface area contributed by atoms with Crippen molar-refractivity contribution in [1.29, 1.82) is 0 Å². The largest absolute Gasteiger partial charge is 0.389 e. The molecular formula is C14H20ClN3S. The van der Waals surface area contributed by atoms with Crippen LogP contribution in [0.15, 0.2) is 18.2 Å². The molecule has 0 bridgehead atoms. The SMILES string of the molecule is CC1CN(C)CCC1Nc1cc(Cl)ccc1C(N)=S. The number of benzene rings is 1. The summed E-state index contributed by atoms with van der Waals surface area (Å²) in [7, 11) is 2.16. The second-order valence-corrected chi connectivity index (χ2v) is 6.21. The van der Waals surface area contributed by atoms with Crippen LogP contribution < -0.4 is 11.1 Å². The molecule has 5 heteroatoms. The number of nitrogens with two attached hydrogens (primary N) is 1. The quantitative estimate of drug-likeness (QED) is 0.842. The highest BCUT2D eigenvalue weighted by Gasteiger charge is 2.24. The fraction of sp³-hybridized carbons (Fsp3) is 0.500. The molecule has 3 N–H and O–H groups in total. The van der Waals surface area contributed by atoms with Crippen LogP contribution in [0, 0.1) is 5.92 Å². The predicted molar refractivity (Wildman–Crippen MR) is 86.0 cm³/mol. The normalized spacial score (nSPS) is 24.2. The van der Waals surface area contributed by atoms with E-state index in [2.05, 4.69) is 24.2 Å². The van der Waals surface area contributed by atoms with Crippen LogP contribution in [0.5, 0.6) is 0 Å². The Morgan fingerprint density at radius 1 is 1.53 bits per heavy atom. The minimum Gasteiger partial charge on any atom is -0.389 e. The summed E-state index contributed by atoms with van der Waals surface area (Å²) >= 11 is 11.2. The Morgan fingerprint density at radius 2 is 2.26 bits per heavy atom. The number of anilines is 1. The summed E-state index contributed by atoms with van der Waals surface area (Å²) in [6, 6.07) is 6.04. The average molecular weight is 298 g/mol. The van der Waals surface area contributed by atoms with Crippen LogP contribution in [0.25, 0.3) is 0 Å². The van der Waals surface area contributed by atoms with E-state index in [4.69, 9.17) is 29.6 Å². The molecule has 0 amide bonds. The van der Waals surface area contributed by atoms with Gasteiger partial charge in [0, 0.05) is 28.9 Å². The molecule has 2 unspecified atom stereocenters. The summed E-state index contributed by atoms with van der Waals surface area (Å²) in [6.45, 7) is 4.46. The third-order valence-electron chi connectivity index (χ3n) is 3.70. The Morgan fingerprint density at radius 3 is 2.89 bits per heavy atom. The van der Waals surface area contributed by atoms with Crippen molar-refractivity contribution in [1.82, 2.24) is 4.90 Å². The molecule has 1 fully saturated rings. The maximum Gasteiger partial charge on any atom is 0.106 e. The highest BCUT2D eigenvalue weighted by atomic mass is 35.5. The number of thiocarbonyl (C=S) groups is 1. The molecule has 0 radical (unpaired) electrons. The van der Waals surface area contributed by atoms with Crippen molar-refractivity contribution >= 4 is 34.5 Å². The number of nitrogens with one attached hydrogen (secondary N) is 1. The topological polar surface area (TPSA) is 41.3 Å². The fourth-order valence-electron chi connectivity index (χ4n) is 2.62. The molecule has 2 rings (SSSR count).